The Hall–Kier alpha value is -2.04. The van der Waals surface area contributed by atoms with E-state index in [1.165, 1.54) is 29.7 Å². The largest absolute Gasteiger partial charge is 0.294 e. The van der Waals surface area contributed by atoms with Crippen molar-refractivity contribution in [1.82, 2.24) is 19.9 Å². The third-order valence-corrected chi connectivity index (χ3v) is 5.69. The fraction of sp³-hybridized carbons (Fsp3) is 0.381. The molecule has 2 aliphatic rings. The van der Waals surface area contributed by atoms with Crippen molar-refractivity contribution in [1.29, 1.82) is 0 Å². The fourth-order valence-corrected chi connectivity index (χ4v) is 3.94. The van der Waals surface area contributed by atoms with Crippen molar-refractivity contribution < 1.29 is 0 Å². The van der Waals surface area contributed by atoms with Crippen molar-refractivity contribution in [2.24, 2.45) is 0 Å². The summed E-state index contributed by atoms with van der Waals surface area (Å²) in [5.74, 6) is 1.67. The Bertz CT molecular complexity index is 997. The quantitative estimate of drug-likeness (QED) is 0.645. The van der Waals surface area contributed by atoms with E-state index in [0.717, 1.165) is 48.3 Å². The topological polar surface area (TPSA) is 41.9 Å². The first kappa shape index (κ1) is 16.2. The summed E-state index contributed by atoms with van der Waals surface area (Å²) in [6.07, 6.45) is 5.51. The zero-order chi connectivity index (χ0) is 17.7. The highest BCUT2D eigenvalue weighted by Crippen LogP contribution is 2.38. The number of aryl methyl sites for hydroxylation is 1. The summed E-state index contributed by atoms with van der Waals surface area (Å²) < 4.78 is 0. The summed E-state index contributed by atoms with van der Waals surface area (Å²) in [4.78, 5) is 16.4. The minimum absolute atomic E-state index is 0.604. The first-order chi connectivity index (χ1) is 12.7. The molecule has 0 spiro atoms. The number of hydrogen-bond acceptors (Lipinski definition) is 4. The smallest absolute Gasteiger partial charge is 0.134 e. The van der Waals surface area contributed by atoms with Crippen LogP contribution in [0, 0.1) is 6.92 Å². The monoisotopic (exact) mass is 364 g/mol. The van der Waals surface area contributed by atoms with Gasteiger partial charge >= 0.3 is 0 Å². The molecule has 1 saturated carbocycles. The molecule has 1 fully saturated rings. The molecule has 26 heavy (non-hydrogen) atoms. The molecule has 2 aromatic heterocycles. The maximum absolute atomic E-state index is 6.46. The minimum atomic E-state index is 0.604. The molecule has 0 N–H and O–H groups in total. The van der Waals surface area contributed by atoms with E-state index in [1.807, 2.05) is 12.3 Å². The number of halogens is 1. The molecule has 1 aromatic carbocycles. The van der Waals surface area contributed by atoms with Gasteiger partial charge in [-0.25, -0.2) is 15.0 Å². The van der Waals surface area contributed by atoms with Crippen LogP contribution in [0.2, 0.25) is 5.15 Å². The number of nitrogens with zero attached hydrogens (tertiary/aromatic N) is 4. The van der Waals surface area contributed by atoms with Gasteiger partial charge in [0, 0.05) is 60.4 Å². The van der Waals surface area contributed by atoms with E-state index in [-0.39, 0.29) is 0 Å². The van der Waals surface area contributed by atoms with Crippen molar-refractivity contribution in [2.75, 3.05) is 6.54 Å². The number of pyridine rings is 1. The highest BCUT2D eigenvalue weighted by molar-refractivity contribution is 6.30. The molecule has 0 atom stereocenters. The van der Waals surface area contributed by atoms with Gasteiger partial charge in [-0.1, -0.05) is 23.2 Å². The molecule has 4 nitrogen and oxygen atoms in total. The summed E-state index contributed by atoms with van der Waals surface area (Å²) >= 11 is 6.46. The SMILES string of the molecule is Cc1ccc2nc(Cl)c(CN3CCc4nc(C5CC5)ncc4C3)cc2c1. The average Bonchev–Trinajstić information content (AvgIpc) is 3.47. The third kappa shape index (κ3) is 3.08. The van der Waals surface area contributed by atoms with Gasteiger partial charge < -0.3 is 0 Å². The second kappa shape index (κ2) is 6.29. The van der Waals surface area contributed by atoms with Gasteiger partial charge in [-0.05, 0) is 38.0 Å². The van der Waals surface area contributed by atoms with Crippen molar-refractivity contribution in [3.63, 3.8) is 0 Å². The van der Waals surface area contributed by atoms with Gasteiger partial charge in [-0.15, -0.1) is 0 Å². The molecule has 5 heteroatoms. The number of aromatic nitrogens is 3. The van der Waals surface area contributed by atoms with Crippen LogP contribution < -0.4 is 0 Å². The summed E-state index contributed by atoms with van der Waals surface area (Å²) in [5.41, 5.74) is 5.76. The number of rotatable bonds is 3. The van der Waals surface area contributed by atoms with Gasteiger partial charge in [0.1, 0.15) is 11.0 Å². The van der Waals surface area contributed by atoms with Crippen molar-refractivity contribution in [2.45, 2.75) is 45.2 Å². The van der Waals surface area contributed by atoms with Crippen LogP contribution in [0.15, 0.2) is 30.5 Å². The van der Waals surface area contributed by atoms with Gasteiger partial charge in [0.05, 0.1) is 5.52 Å². The van der Waals surface area contributed by atoms with E-state index < -0.39 is 0 Å². The molecule has 1 aliphatic heterocycles. The van der Waals surface area contributed by atoms with Crippen molar-refractivity contribution in [3.8, 4) is 0 Å². The summed E-state index contributed by atoms with van der Waals surface area (Å²) in [7, 11) is 0. The fourth-order valence-electron chi connectivity index (χ4n) is 3.73. The second-order valence-electron chi connectivity index (χ2n) is 7.57. The lowest BCUT2D eigenvalue weighted by molar-refractivity contribution is 0.242. The van der Waals surface area contributed by atoms with Crippen LogP contribution in [0.25, 0.3) is 10.9 Å². The number of benzene rings is 1. The zero-order valence-corrected chi connectivity index (χ0v) is 15.6. The number of fused-ring (bicyclic) bond motifs is 2. The Labute approximate surface area is 158 Å². The predicted molar refractivity (Wildman–Crippen MR) is 103 cm³/mol. The molecule has 132 valence electrons. The lowest BCUT2D eigenvalue weighted by Gasteiger charge is -2.28. The van der Waals surface area contributed by atoms with E-state index >= 15 is 0 Å². The minimum Gasteiger partial charge on any atom is -0.294 e. The lowest BCUT2D eigenvalue weighted by Crippen LogP contribution is -2.31. The molecule has 0 amide bonds. The van der Waals surface area contributed by atoms with Crippen LogP contribution in [0.5, 0.6) is 0 Å². The normalized spacial score (nSPS) is 17.5. The van der Waals surface area contributed by atoms with E-state index in [1.54, 1.807) is 0 Å². The van der Waals surface area contributed by atoms with Crippen LogP contribution in [-0.2, 0) is 19.5 Å². The molecular weight excluding hydrogens is 344 g/mol. The summed E-state index contributed by atoms with van der Waals surface area (Å²) in [6, 6.07) is 8.45. The molecule has 0 unspecified atom stereocenters. The molecule has 0 radical (unpaired) electrons. The third-order valence-electron chi connectivity index (χ3n) is 5.36. The van der Waals surface area contributed by atoms with Gasteiger partial charge in [-0.3, -0.25) is 4.90 Å². The molecular formula is C21H21ClN4. The first-order valence-electron chi connectivity index (χ1n) is 9.28. The zero-order valence-electron chi connectivity index (χ0n) is 14.9. The van der Waals surface area contributed by atoms with E-state index in [0.29, 0.717) is 11.1 Å². The Kier molecular flexibility index (Phi) is 3.91. The standard InChI is InChI=1S/C21H21ClN4/c1-13-2-5-18-15(8-13)9-16(20(22)24-18)11-26-7-6-19-17(12-26)10-23-21(25-19)14-3-4-14/h2,5,8-10,14H,3-4,6-7,11-12H2,1H3. The Morgan fingerprint density at radius 2 is 2.08 bits per heavy atom. The van der Waals surface area contributed by atoms with Gasteiger partial charge in [0.25, 0.3) is 0 Å². The maximum atomic E-state index is 6.46. The molecule has 0 bridgehead atoms. The molecule has 3 aromatic rings. The summed E-state index contributed by atoms with van der Waals surface area (Å²) in [5, 5.41) is 1.76. The van der Waals surface area contributed by atoms with Crippen LogP contribution in [0.4, 0.5) is 0 Å². The highest BCUT2D eigenvalue weighted by atomic mass is 35.5. The number of hydrogen-bond donors (Lipinski definition) is 0. The molecule has 5 rings (SSSR count). The highest BCUT2D eigenvalue weighted by Gasteiger charge is 2.28. The Morgan fingerprint density at radius 1 is 1.19 bits per heavy atom. The van der Waals surface area contributed by atoms with Crippen LogP contribution in [-0.4, -0.2) is 26.4 Å². The predicted octanol–water partition coefficient (Wildman–Crippen LogP) is 4.42. The lowest BCUT2D eigenvalue weighted by atomic mass is 10.1. The average molecular weight is 365 g/mol. The Balaban J connectivity index is 1.38. The van der Waals surface area contributed by atoms with E-state index in [4.69, 9.17) is 16.6 Å². The van der Waals surface area contributed by atoms with Crippen molar-refractivity contribution >= 4 is 22.5 Å². The first-order valence-corrected chi connectivity index (χ1v) is 9.66. The van der Waals surface area contributed by atoms with Crippen molar-refractivity contribution in [3.05, 3.63) is 63.8 Å². The second-order valence-corrected chi connectivity index (χ2v) is 7.93. The molecule has 3 heterocycles. The summed E-state index contributed by atoms with van der Waals surface area (Å²) in [6.45, 7) is 4.78. The maximum Gasteiger partial charge on any atom is 0.134 e. The van der Waals surface area contributed by atoms with Crippen LogP contribution >= 0.6 is 11.6 Å². The van der Waals surface area contributed by atoms with Gasteiger partial charge in [-0.2, -0.15) is 0 Å². The van der Waals surface area contributed by atoms with E-state index in [2.05, 4.69) is 40.0 Å². The van der Waals surface area contributed by atoms with Gasteiger partial charge in [0.15, 0.2) is 0 Å². The molecule has 0 saturated heterocycles. The molecule has 1 aliphatic carbocycles. The van der Waals surface area contributed by atoms with Gasteiger partial charge in [0.2, 0.25) is 0 Å². The Morgan fingerprint density at radius 3 is 2.92 bits per heavy atom. The van der Waals surface area contributed by atoms with Crippen LogP contribution in [0.1, 0.15) is 47.0 Å². The van der Waals surface area contributed by atoms with E-state index in [9.17, 15) is 0 Å². The van der Waals surface area contributed by atoms with Crippen LogP contribution in [0.3, 0.4) is 0 Å².